The van der Waals surface area contributed by atoms with Crippen LogP contribution < -0.4 is 4.74 Å². The van der Waals surface area contributed by atoms with Crippen molar-refractivity contribution < 1.29 is 19.6 Å². The number of carboxylic acids is 1. The molecule has 0 aliphatic carbocycles. The molecule has 25 heavy (non-hydrogen) atoms. The Labute approximate surface area is 143 Å². The minimum Gasteiger partial charge on any atom is -0.487 e. The SMILES string of the molecule is O=C(O)c1cc2c(CC[N+](=O)[O-])ccc(OCc3ccccc3)c2[nH]1. The lowest BCUT2D eigenvalue weighted by molar-refractivity contribution is -0.479. The summed E-state index contributed by atoms with van der Waals surface area (Å²) in [6, 6.07) is 14.5. The van der Waals surface area contributed by atoms with Gasteiger partial charge >= 0.3 is 5.97 Å². The van der Waals surface area contributed by atoms with Gasteiger partial charge in [0.1, 0.15) is 18.1 Å². The smallest absolute Gasteiger partial charge is 0.352 e. The van der Waals surface area contributed by atoms with Crippen molar-refractivity contribution >= 4 is 16.9 Å². The zero-order chi connectivity index (χ0) is 17.8. The first-order chi connectivity index (χ1) is 12.0. The van der Waals surface area contributed by atoms with Crippen molar-refractivity contribution in [2.45, 2.75) is 13.0 Å². The predicted molar refractivity (Wildman–Crippen MR) is 91.6 cm³/mol. The number of aromatic amines is 1. The lowest BCUT2D eigenvalue weighted by Gasteiger charge is -2.09. The van der Waals surface area contributed by atoms with Crippen molar-refractivity contribution in [3.05, 3.63) is 75.5 Å². The molecule has 128 valence electrons. The zero-order valence-corrected chi connectivity index (χ0v) is 13.3. The van der Waals surface area contributed by atoms with Crippen LogP contribution in [0.2, 0.25) is 0 Å². The number of hydrogen-bond donors (Lipinski definition) is 2. The lowest BCUT2D eigenvalue weighted by Crippen LogP contribution is -2.04. The summed E-state index contributed by atoms with van der Waals surface area (Å²) in [5, 5.41) is 20.5. The van der Waals surface area contributed by atoms with E-state index in [1.165, 1.54) is 6.07 Å². The van der Waals surface area contributed by atoms with Crippen LogP contribution in [0, 0.1) is 10.1 Å². The number of benzene rings is 2. The molecule has 0 aliphatic heterocycles. The number of carboxylic acid groups (broad SMARTS) is 1. The van der Waals surface area contributed by atoms with Crippen LogP contribution in [-0.2, 0) is 13.0 Å². The maximum absolute atomic E-state index is 11.3. The Morgan fingerprint density at radius 1 is 1.20 bits per heavy atom. The van der Waals surface area contributed by atoms with Crippen molar-refractivity contribution in [3.8, 4) is 5.75 Å². The molecule has 0 fully saturated rings. The molecule has 7 heteroatoms. The van der Waals surface area contributed by atoms with Crippen LogP contribution in [-0.4, -0.2) is 27.5 Å². The number of aromatic nitrogens is 1. The van der Waals surface area contributed by atoms with Gasteiger partial charge in [0.25, 0.3) is 0 Å². The maximum Gasteiger partial charge on any atom is 0.352 e. The molecule has 0 bridgehead atoms. The summed E-state index contributed by atoms with van der Waals surface area (Å²) in [6.45, 7) is 0.124. The Balaban J connectivity index is 1.94. The number of hydrogen-bond acceptors (Lipinski definition) is 4. The van der Waals surface area contributed by atoms with Gasteiger partial charge in [0.05, 0.1) is 5.52 Å². The van der Waals surface area contributed by atoms with Crippen molar-refractivity contribution in [2.75, 3.05) is 6.54 Å². The average Bonchev–Trinajstić information content (AvgIpc) is 3.05. The monoisotopic (exact) mass is 340 g/mol. The fraction of sp³-hybridized carbons (Fsp3) is 0.167. The zero-order valence-electron chi connectivity index (χ0n) is 13.3. The summed E-state index contributed by atoms with van der Waals surface area (Å²) < 4.78 is 5.82. The Morgan fingerprint density at radius 2 is 1.96 bits per heavy atom. The summed E-state index contributed by atoms with van der Waals surface area (Å²) in [5.41, 5.74) is 2.25. The molecule has 1 aromatic heterocycles. The Kier molecular flexibility index (Phi) is 4.65. The van der Waals surface area contributed by atoms with E-state index in [1.54, 1.807) is 12.1 Å². The van der Waals surface area contributed by atoms with Gasteiger partial charge < -0.3 is 14.8 Å². The molecule has 0 atom stereocenters. The minimum absolute atomic E-state index is 0.0214. The van der Waals surface area contributed by atoms with E-state index in [2.05, 4.69) is 4.98 Å². The number of ether oxygens (including phenoxy) is 1. The van der Waals surface area contributed by atoms with Gasteiger partial charge in [0.15, 0.2) is 0 Å². The molecule has 7 nitrogen and oxygen atoms in total. The van der Waals surface area contributed by atoms with Gasteiger partial charge in [0, 0.05) is 16.7 Å². The van der Waals surface area contributed by atoms with Gasteiger partial charge in [-0.15, -0.1) is 0 Å². The highest BCUT2D eigenvalue weighted by Gasteiger charge is 2.15. The first-order valence-electron chi connectivity index (χ1n) is 7.71. The maximum atomic E-state index is 11.3. The molecule has 3 rings (SSSR count). The van der Waals surface area contributed by atoms with Gasteiger partial charge in [-0.25, -0.2) is 4.79 Å². The number of H-pyrrole nitrogens is 1. The van der Waals surface area contributed by atoms with Crippen LogP contribution in [0.15, 0.2) is 48.5 Å². The molecule has 0 spiro atoms. The minimum atomic E-state index is -1.09. The van der Waals surface area contributed by atoms with E-state index in [1.807, 2.05) is 30.3 Å². The number of nitrogens with zero attached hydrogens (tertiary/aromatic N) is 1. The fourth-order valence-electron chi connectivity index (χ4n) is 2.65. The number of aromatic carboxylic acids is 1. The molecular weight excluding hydrogens is 324 g/mol. The van der Waals surface area contributed by atoms with E-state index in [0.717, 1.165) is 5.56 Å². The summed E-state index contributed by atoms with van der Waals surface area (Å²) in [4.78, 5) is 24.3. The van der Waals surface area contributed by atoms with Crippen molar-refractivity contribution in [3.63, 3.8) is 0 Å². The third-order valence-electron chi connectivity index (χ3n) is 3.88. The highest BCUT2D eigenvalue weighted by molar-refractivity contribution is 5.97. The second kappa shape index (κ2) is 7.04. The molecular formula is C18H16N2O5. The Bertz CT molecular complexity index is 918. The Hall–Kier alpha value is -3.35. The highest BCUT2D eigenvalue weighted by atomic mass is 16.6. The summed E-state index contributed by atoms with van der Waals surface area (Å²) >= 11 is 0. The van der Waals surface area contributed by atoms with Gasteiger partial charge in [-0.3, -0.25) is 10.1 Å². The van der Waals surface area contributed by atoms with Crippen molar-refractivity contribution in [2.24, 2.45) is 0 Å². The van der Waals surface area contributed by atoms with E-state index < -0.39 is 10.9 Å². The second-order valence-electron chi connectivity index (χ2n) is 5.58. The van der Waals surface area contributed by atoms with Gasteiger partial charge in [-0.2, -0.15) is 0 Å². The average molecular weight is 340 g/mol. The molecule has 0 amide bonds. The number of carbonyl (C=O) groups is 1. The van der Waals surface area contributed by atoms with Crippen molar-refractivity contribution in [1.82, 2.24) is 4.98 Å². The van der Waals surface area contributed by atoms with Crippen LogP contribution in [0.5, 0.6) is 5.75 Å². The molecule has 0 unspecified atom stereocenters. The van der Waals surface area contributed by atoms with Crippen LogP contribution in [0.1, 0.15) is 21.6 Å². The van der Waals surface area contributed by atoms with Crippen LogP contribution >= 0.6 is 0 Å². The largest absolute Gasteiger partial charge is 0.487 e. The summed E-state index contributed by atoms with van der Waals surface area (Å²) in [6.07, 6.45) is 0.222. The lowest BCUT2D eigenvalue weighted by atomic mass is 10.1. The van der Waals surface area contributed by atoms with Crippen LogP contribution in [0.3, 0.4) is 0 Å². The van der Waals surface area contributed by atoms with Gasteiger partial charge in [0.2, 0.25) is 6.54 Å². The molecule has 0 radical (unpaired) electrons. The number of fused-ring (bicyclic) bond motifs is 1. The normalized spacial score (nSPS) is 10.7. The molecule has 1 heterocycles. The molecule has 0 saturated carbocycles. The summed E-state index contributed by atoms with van der Waals surface area (Å²) in [5.74, 6) is -0.582. The number of rotatable bonds is 7. The van der Waals surface area contributed by atoms with Crippen molar-refractivity contribution in [1.29, 1.82) is 0 Å². The highest BCUT2D eigenvalue weighted by Crippen LogP contribution is 2.30. The Morgan fingerprint density at radius 3 is 2.64 bits per heavy atom. The predicted octanol–water partition coefficient (Wildman–Crippen LogP) is 3.26. The van der Waals surface area contributed by atoms with Crippen LogP contribution in [0.25, 0.3) is 10.9 Å². The van der Waals surface area contributed by atoms with E-state index >= 15 is 0 Å². The second-order valence-corrected chi connectivity index (χ2v) is 5.58. The number of nitrogens with one attached hydrogen (secondary N) is 1. The first kappa shape index (κ1) is 16.5. The third kappa shape index (κ3) is 3.77. The van der Waals surface area contributed by atoms with E-state index in [0.29, 0.717) is 28.8 Å². The summed E-state index contributed by atoms with van der Waals surface area (Å²) in [7, 11) is 0. The van der Waals surface area contributed by atoms with E-state index in [4.69, 9.17) is 4.74 Å². The van der Waals surface area contributed by atoms with Gasteiger partial charge in [-0.1, -0.05) is 36.4 Å². The molecule has 2 N–H and O–H groups in total. The fourth-order valence-corrected chi connectivity index (χ4v) is 2.65. The molecule has 3 aromatic rings. The number of nitro groups is 1. The molecule has 0 aliphatic rings. The van der Waals surface area contributed by atoms with E-state index in [-0.39, 0.29) is 18.7 Å². The van der Waals surface area contributed by atoms with E-state index in [9.17, 15) is 20.0 Å². The van der Waals surface area contributed by atoms with Crippen LogP contribution in [0.4, 0.5) is 0 Å². The standard InChI is InChI=1S/C18H16N2O5/c21-18(22)15-10-14-13(8-9-20(23)24)6-7-16(17(14)19-15)25-11-12-4-2-1-3-5-12/h1-7,10,19H,8-9,11H2,(H,21,22). The quantitative estimate of drug-likeness (QED) is 0.507. The topological polar surface area (TPSA) is 105 Å². The third-order valence-corrected chi connectivity index (χ3v) is 3.88. The molecule has 2 aromatic carbocycles. The molecule has 0 saturated heterocycles. The first-order valence-corrected chi connectivity index (χ1v) is 7.71. The van der Waals surface area contributed by atoms with Gasteiger partial charge in [-0.05, 0) is 23.3 Å².